The summed E-state index contributed by atoms with van der Waals surface area (Å²) in [6.07, 6.45) is 1.75. The molecule has 2 aromatic rings. The molecule has 3 rings (SSSR count). The lowest BCUT2D eigenvalue weighted by Crippen LogP contribution is -2.50. The van der Waals surface area contributed by atoms with Crippen molar-refractivity contribution in [1.29, 1.82) is 0 Å². The average Bonchev–Trinajstić information content (AvgIpc) is 3.12. The van der Waals surface area contributed by atoms with E-state index in [4.69, 9.17) is 0 Å². The van der Waals surface area contributed by atoms with E-state index < -0.39 is 6.61 Å². The summed E-state index contributed by atoms with van der Waals surface area (Å²) in [7, 11) is 0. The van der Waals surface area contributed by atoms with Crippen molar-refractivity contribution < 1.29 is 18.3 Å². The van der Waals surface area contributed by atoms with Crippen LogP contribution in [0.3, 0.4) is 0 Å². The quantitative estimate of drug-likeness (QED) is 0.899. The van der Waals surface area contributed by atoms with Gasteiger partial charge in [-0.25, -0.2) is 9.78 Å². The van der Waals surface area contributed by atoms with E-state index in [-0.39, 0.29) is 17.5 Å². The van der Waals surface area contributed by atoms with Gasteiger partial charge >= 0.3 is 12.6 Å². The maximum absolute atomic E-state index is 12.5. The molecule has 25 heavy (non-hydrogen) atoms. The third kappa shape index (κ3) is 4.16. The highest BCUT2D eigenvalue weighted by Gasteiger charge is 2.24. The van der Waals surface area contributed by atoms with Crippen molar-refractivity contribution in [2.75, 3.05) is 36.4 Å². The van der Waals surface area contributed by atoms with Gasteiger partial charge in [-0.2, -0.15) is 8.78 Å². The topological polar surface area (TPSA) is 57.7 Å². The summed E-state index contributed by atoms with van der Waals surface area (Å²) in [4.78, 5) is 20.5. The lowest BCUT2D eigenvalue weighted by molar-refractivity contribution is -0.0493. The van der Waals surface area contributed by atoms with Gasteiger partial charge in [0.25, 0.3) is 0 Å². The first-order chi connectivity index (χ1) is 12.0. The van der Waals surface area contributed by atoms with Crippen molar-refractivity contribution in [3.05, 3.63) is 35.3 Å². The molecule has 6 nitrogen and oxygen atoms in total. The predicted octanol–water partition coefficient (Wildman–Crippen LogP) is 3.41. The molecular formula is C16H18F2N4O2S. The number of piperazine rings is 1. The highest BCUT2D eigenvalue weighted by atomic mass is 32.1. The van der Waals surface area contributed by atoms with E-state index >= 15 is 0 Å². The molecule has 1 fully saturated rings. The second-order valence-corrected chi connectivity index (χ2v) is 6.42. The average molecular weight is 368 g/mol. The van der Waals surface area contributed by atoms with E-state index in [0.717, 1.165) is 5.13 Å². The van der Waals surface area contributed by atoms with Gasteiger partial charge in [0.15, 0.2) is 5.13 Å². The van der Waals surface area contributed by atoms with E-state index in [0.29, 0.717) is 31.7 Å². The molecule has 1 aliphatic rings. The molecule has 1 N–H and O–H groups in total. The minimum Gasteiger partial charge on any atom is -0.433 e. The number of anilines is 2. The van der Waals surface area contributed by atoms with Gasteiger partial charge in [-0.1, -0.05) is 12.1 Å². The Morgan fingerprint density at radius 3 is 2.72 bits per heavy atom. The van der Waals surface area contributed by atoms with E-state index in [1.54, 1.807) is 41.5 Å². The van der Waals surface area contributed by atoms with E-state index in [1.165, 1.54) is 6.07 Å². The molecule has 1 saturated heterocycles. The highest BCUT2D eigenvalue weighted by Crippen LogP contribution is 2.30. The Kier molecular flexibility index (Phi) is 5.32. The van der Waals surface area contributed by atoms with E-state index in [1.807, 2.05) is 5.38 Å². The zero-order valence-electron chi connectivity index (χ0n) is 13.6. The molecular weight excluding hydrogens is 350 g/mol. The van der Waals surface area contributed by atoms with Gasteiger partial charge in [-0.3, -0.25) is 0 Å². The first-order valence-electron chi connectivity index (χ1n) is 7.79. The van der Waals surface area contributed by atoms with Crippen LogP contribution in [0.4, 0.5) is 24.4 Å². The number of carbonyl (C=O) groups is 1. The van der Waals surface area contributed by atoms with Crippen LogP contribution in [-0.4, -0.2) is 48.7 Å². The minimum atomic E-state index is -2.95. The fourth-order valence-corrected chi connectivity index (χ4v) is 3.35. The number of ether oxygens (including phenoxy) is 1. The normalized spacial score (nSPS) is 14.7. The van der Waals surface area contributed by atoms with Crippen LogP contribution >= 0.6 is 11.3 Å². The number of rotatable bonds is 4. The van der Waals surface area contributed by atoms with Gasteiger partial charge in [-0.15, -0.1) is 11.3 Å². The number of para-hydroxylation sites is 1. The zero-order valence-corrected chi connectivity index (χ0v) is 14.4. The number of hydrogen-bond acceptors (Lipinski definition) is 5. The number of thiazole rings is 1. The number of aromatic nitrogens is 1. The Hall–Kier alpha value is -2.42. The Morgan fingerprint density at radius 2 is 2.08 bits per heavy atom. The third-order valence-corrected chi connectivity index (χ3v) is 4.77. The van der Waals surface area contributed by atoms with Gasteiger partial charge in [0.1, 0.15) is 5.75 Å². The predicted molar refractivity (Wildman–Crippen MR) is 92.7 cm³/mol. The Balaban J connectivity index is 1.63. The zero-order chi connectivity index (χ0) is 17.8. The van der Waals surface area contributed by atoms with Crippen molar-refractivity contribution in [1.82, 2.24) is 9.88 Å². The number of hydrogen-bond donors (Lipinski definition) is 1. The number of aryl methyl sites for hydroxylation is 1. The Labute approximate surface area is 148 Å². The fourth-order valence-electron chi connectivity index (χ4n) is 2.65. The van der Waals surface area contributed by atoms with Gasteiger partial charge in [0.2, 0.25) is 0 Å². The first-order valence-corrected chi connectivity index (χ1v) is 8.67. The van der Waals surface area contributed by atoms with E-state index in [9.17, 15) is 13.6 Å². The van der Waals surface area contributed by atoms with Crippen LogP contribution < -0.4 is 15.0 Å². The molecule has 134 valence electrons. The smallest absolute Gasteiger partial charge is 0.387 e. The monoisotopic (exact) mass is 368 g/mol. The van der Waals surface area contributed by atoms with Crippen LogP contribution in [0.1, 0.15) is 5.56 Å². The lowest BCUT2D eigenvalue weighted by Gasteiger charge is -2.34. The van der Waals surface area contributed by atoms with Crippen LogP contribution in [0.5, 0.6) is 5.75 Å². The number of halogens is 2. The largest absolute Gasteiger partial charge is 0.433 e. The summed E-state index contributed by atoms with van der Waals surface area (Å²) < 4.78 is 29.6. The summed E-state index contributed by atoms with van der Waals surface area (Å²) in [5.74, 6) is -0.0372. The van der Waals surface area contributed by atoms with Gasteiger partial charge in [0, 0.05) is 37.8 Å². The summed E-state index contributed by atoms with van der Waals surface area (Å²) in [5, 5.41) is 5.55. The molecule has 0 saturated carbocycles. The van der Waals surface area contributed by atoms with Gasteiger partial charge in [0.05, 0.1) is 5.69 Å². The number of alkyl halides is 2. The first kappa shape index (κ1) is 17.4. The maximum atomic E-state index is 12.5. The number of nitrogens with one attached hydrogen (secondary N) is 1. The van der Waals surface area contributed by atoms with Crippen molar-refractivity contribution in [3.63, 3.8) is 0 Å². The number of amides is 2. The van der Waals surface area contributed by atoms with Crippen LogP contribution in [-0.2, 0) is 0 Å². The second kappa shape index (κ2) is 7.64. The molecule has 1 aliphatic heterocycles. The lowest BCUT2D eigenvalue weighted by atomic mass is 10.2. The second-order valence-electron chi connectivity index (χ2n) is 5.55. The number of benzene rings is 1. The molecule has 0 unspecified atom stereocenters. The van der Waals surface area contributed by atoms with Crippen LogP contribution in [0.15, 0.2) is 29.8 Å². The van der Waals surface area contributed by atoms with Crippen LogP contribution in [0.2, 0.25) is 0 Å². The minimum absolute atomic E-state index is 0.0372. The Bertz CT molecular complexity index is 719. The van der Waals surface area contributed by atoms with Crippen molar-refractivity contribution in [2.45, 2.75) is 13.5 Å². The number of urea groups is 1. The molecule has 0 aliphatic carbocycles. The molecule has 2 heterocycles. The van der Waals surface area contributed by atoms with Gasteiger partial charge in [-0.05, 0) is 18.6 Å². The summed E-state index contributed by atoms with van der Waals surface area (Å²) in [6, 6.07) is 4.42. The molecule has 9 heteroatoms. The molecule has 2 amide bonds. The van der Waals surface area contributed by atoms with Crippen LogP contribution in [0, 0.1) is 6.92 Å². The van der Waals surface area contributed by atoms with Crippen LogP contribution in [0.25, 0.3) is 0 Å². The van der Waals surface area contributed by atoms with Crippen molar-refractivity contribution >= 4 is 28.2 Å². The highest BCUT2D eigenvalue weighted by molar-refractivity contribution is 7.13. The Morgan fingerprint density at radius 1 is 1.32 bits per heavy atom. The molecule has 0 atom stereocenters. The fraction of sp³-hybridized carbons (Fsp3) is 0.375. The molecule has 1 aromatic heterocycles. The van der Waals surface area contributed by atoms with E-state index in [2.05, 4.69) is 19.9 Å². The van der Waals surface area contributed by atoms with Crippen molar-refractivity contribution in [2.24, 2.45) is 0 Å². The molecule has 0 bridgehead atoms. The molecule has 0 radical (unpaired) electrons. The SMILES string of the molecule is Cc1cccc(OC(F)F)c1NC(=O)N1CCN(c2nccs2)CC1. The number of carbonyl (C=O) groups excluding carboxylic acids is 1. The van der Waals surface area contributed by atoms with Crippen molar-refractivity contribution in [3.8, 4) is 5.75 Å². The van der Waals surface area contributed by atoms with Gasteiger partial charge < -0.3 is 19.9 Å². The summed E-state index contributed by atoms with van der Waals surface area (Å²) in [6.45, 7) is 1.20. The number of nitrogens with zero attached hydrogens (tertiary/aromatic N) is 3. The molecule has 0 spiro atoms. The maximum Gasteiger partial charge on any atom is 0.387 e. The summed E-state index contributed by atoms with van der Waals surface area (Å²) >= 11 is 1.56. The standard InChI is InChI=1S/C16H18F2N4O2S/c1-11-3-2-4-12(24-14(17)18)13(11)20-15(23)21-6-8-22(9-7-21)16-19-5-10-25-16/h2-5,10,14H,6-9H2,1H3,(H,20,23). The summed E-state index contributed by atoms with van der Waals surface area (Å²) in [5.41, 5.74) is 0.933. The third-order valence-electron chi connectivity index (χ3n) is 3.94. The molecule has 1 aromatic carbocycles.